The maximum atomic E-state index is 8.13. The Morgan fingerprint density at radius 1 is 1.62 bits per heavy atom. The van der Waals surface area contributed by atoms with E-state index >= 15 is 0 Å². The number of likely N-dealkylation sites (N-methyl/N-ethyl adjacent to an activating group) is 1. The van der Waals surface area contributed by atoms with Crippen LogP contribution in [0.3, 0.4) is 0 Å². The van der Waals surface area contributed by atoms with Gasteiger partial charge in [-0.1, -0.05) is 5.11 Å². The number of azide groups is 1. The Labute approximate surface area is 77.5 Å². The number of hydrazone groups is 1. The van der Waals surface area contributed by atoms with Gasteiger partial charge in [-0.25, -0.2) is 0 Å². The zero-order chi connectivity index (χ0) is 10.1. The fourth-order valence-electron chi connectivity index (χ4n) is 0.607. The quantitative estimate of drug-likeness (QED) is 0.229. The van der Waals surface area contributed by atoms with Gasteiger partial charge in [0.1, 0.15) is 0 Å². The summed E-state index contributed by atoms with van der Waals surface area (Å²) in [5.41, 5.74) is 11.7. The first kappa shape index (κ1) is 11.3. The average molecular weight is 182 g/mol. The lowest BCUT2D eigenvalue weighted by molar-refractivity contribution is 0.497. The third-order valence-electron chi connectivity index (χ3n) is 1.31. The molecule has 0 atom stereocenters. The van der Waals surface area contributed by atoms with Crippen molar-refractivity contribution in [2.24, 2.45) is 10.2 Å². The van der Waals surface area contributed by atoms with Gasteiger partial charge in [0.05, 0.1) is 6.54 Å². The summed E-state index contributed by atoms with van der Waals surface area (Å²) in [6.45, 7) is 2.12. The molecule has 6 nitrogen and oxygen atoms in total. The average Bonchev–Trinajstić information content (AvgIpc) is 2.10. The number of rotatable bonds is 5. The molecule has 0 aliphatic carbocycles. The van der Waals surface area contributed by atoms with Gasteiger partial charge in [0, 0.05) is 37.1 Å². The van der Waals surface area contributed by atoms with Crippen molar-refractivity contribution in [2.45, 2.75) is 6.92 Å². The summed E-state index contributed by atoms with van der Waals surface area (Å²) in [6, 6.07) is 0. The van der Waals surface area contributed by atoms with E-state index in [1.165, 1.54) is 0 Å². The molecule has 0 unspecified atom stereocenters. The first-order valence-electron chi connectivity index (χ1n) is 3.82. The monoisotopic (exact) mass is 182 g/mol. The fourth-order valence-corrected chi connectivity index (χ4v) is 0.607. The SMILES string of the molecule is C/C=N\N/C=C(/CN=[N+]=[N-])N(C)C. The van der Waals surface area contributed by atoms with Crippen LogP contribution in [0.4, 0.5) is 0 Å². The van der Waals surface area contributed by atoms with Gasteiger partial charge in [-0.2, -0.15) is 5.10 Å². The second-order valence-corrected chi connectivity index (χ2v) is 2.44. The lowest BCUT2D eigenvalue weighted by Gasteiger charge is -2.14. The summed E-state index contributed by atoms with van der Waals surface area (Å²) in [4.78, 5) is 4.53. The molecule has 0 fully saturated rings. The van der Waals surface area contributed by atoms with Crippen LogP contribution >= 0.6 is 0 Å². The maximum Gasteiger partial charge on any atom is 0.0675 e. The molecule has 0 aromatic carbocycles. The molecule has 0 heterocycles. The minimum absolute atomic E-state index is 0.315. The van der Waals surface area contributed by atoms with Gasteiger partial charge >= 0.3 is 0 Å². The largest absolute Gasteiger partial charge is 0.380 e. The second-order valence-electron chi connectivity index (χ2n) is 2.44. The van der Waals surface area contributed by atoms with Crippen LogP contribution in [0.25, 0.3) is 10.4 Å². The van der Waals surface area contributed by atoms with Crippen LogP contribution in [0.1, 0.15) is 6.92 Å². The standard InChI is InChI=1S/C7H14N6/c1-4-9-10-5-7(13(2)3)6-11-12-8/h4-5,10H,6H2,1-3H3/b7-5-,9-4-. The highest BCUT2D eigenvalue weighted by atomic mass is 15.3. The third-order valence-corrected chi connectivity index (χ3v) is 1.31. The van der Waals surface area contributed by atoms with Crippen molar-refractivity contribution >= 4 is 6.21 Å². The van der Waals surface area contributed by atoms with Gasteiger partial charge in [0.25, 0.3) is 0 Å². The number of hydrogen-bond acceptors (Lipinski definition) is 4. The zero-order valence-electron chi connectivity index (χ0n) is 8.10. The number of nitrogens with zero attached hydrogens (tertiary/aromatic N) is 5. The van der Waals surface area contributed by atoms with Gasteiger partial charge in [-0.3, -0.25) is 5.43 Å². The highest BCUT2D eigenvalue weighted by molar-refractivity contribution is 5.52. The van der Waals surface area contributed by atoms with Crippen molar-refractivity contribution in [3.63, 3.8) is 0 Å². The van der Waals surface area contributed by atoms with Crippen LogP contribution in [0, 0.1) is 0 Å². The van der Waals surface area contributed by atoms with E-state index in [2.05, 4.69) is 20.6 Å². The van der Waals surface area contributed by atoms with Crippen LogP contribution in [0.5, 0.6) is 0 Å². The molecule has 13 heavy (non-hydrogen) atoms. The Morgan fingerprint density at radius 3 is 2.77 bits per heavy atom. The van der Waals surface area contributed by atoms with Crippen LogP contribution in [-0.4, -0.2) is 31.8 Å². The van der Waals surface area contributed by atoms with Crippen LogP contribution in [0.15, 0.2) is 22.1 Å². The van der Waals surface area contributed by atoms with Crippen molar-refractivity contribution < 1.29 is 0 Å². The molecule has 72 valence electrons. The van der Waals surface area contributed by atoms with E-state index in [0.717, 1.165) is 5.70 Å². The van der Waals surface area contributed by atoms with Gasteiger partial charge in [0.15, 0.2) is 0 Å². The molecule has 0 aliphatic rings. The van der Waals surface area contributed by atoms with Gasteiger partial charge in [-0.15, -0.1) is 0 Å². The molecule has 0 amide bonds. The molecule has 0 bridgehead atoms. The first-order valence-corrected chi connectivity index (χ1v) is 3.82. The van der Waals surface area contributed by atoms with E-state index in [4.69, 9.17) is 5.53 Å². The number of hydrogen-bond donors (Lipinski definition) is 1. The minimum Gasteiger partial charge on any atom is -0.380 e. The predicted octanol–water partition coefficient (Wildman–Crippen LogP) is 1.29. The van der Waals surface area contributed by atoms with E-state index in [0.29, 0.717) is 6.54 Å². The van der Waals surface area contributed by atoms with Gasteiger partial charge < -0.3 is 4.90 Å². The summed E-state index contributed by atoms with van der Waals surface area (Å²) in [5.74, 6) is 0. The molecule has 0 aliphatic heterocycles. The van der Waals surface area contributed by atoms with Crippen LogP contribution in [0.2, 0.25) is 0 Å². The molecule has 0 aromatic heterocycles. The minimum atomic E-state index is 0.315. The van der Waals surface area contributed by atoms with Crippen molar-refractivity contribution in [2.75, 3.05) is 20.6 Å². The smallest absolute Gasteiger partial charge is 0.0675 e. The molecule has 0 rings (SSSR count). The topological polar surface area (TPSA) is 76.4 Å². The Kier molecular flexibility index (Phi) is 6.09. The Hall–Kier alpha value is -1.68. The normalized spacial score (nSPS) is 11.2. The molecule has 6 heteroatoms. The van der Waals surface area contributed by atoms with Crippen molar-refractivity contribution in [1.82, 2.24) is 10.3 Å². The third kappa shape index (κ3) is 5.57. The zero-order valence-corrected chi connectivity index (χ0v) is 8.10. The lowest BCUT2D eigenvalue weighted by Crippen LogP contribution is -2.15. The maximum absolute atomic E-state index is 8.13. The summed E-state index contributed by atoms with van der Waals surface area (Å²) in [6.07, 6.45) is 3.33. The summed E-state index contributed by atoms with van der Waals surface area (Å²) in [7, 11) is 3.74. The molecule has 1 N–H and O–H groups in total. The molecule has 0 spiro atoms. The Bertz CT molecular complexity index is 235. The van der Waals surface area contributed by atoms with Gasteiger partial charge in [-0.05, 0) is 12.5 Å². The van der Waals surface area contributed by atoms with Crippen LogP contribution < -0.4 is 5.43 Å². The van der Waals surface area contributed by atoms with Gasteiger partial charge in [0.2, 0.25) is 0 Å². The highest BCUT2D eigenvalue weighted by Crippen LogP contribution is 1.97. The van der Waals surface area contributed by atoms with E-state index in [9.17, 15) is 0 Å². The molecule has 0 aromatic rings. The summed E-state index contributed by atoms with van der Waals surface area (Å²) < 4.78 is 0. The summed E-state index contributed by atoms with van der Waals surface area (Å²) in [5, 5.41) is 7.24. The Morgan fingerprint density at radius 2 is 2.31 bits per heavy atom. The number of nitrogens with one attached hydrogen (secondary N) is 1. The molecule has 0 saturated carbocycles. The predicted molar refractivity (Wildman–Crippen MR) is 53.1 cm³/mol. The summed E-state index contributed by atoms with van der Waals surface area (Å²) >= 11 is 0. The highest BCUT2D eigenvalue weighted by Gasteiger charge is 1.96. The van der Waals surface area contributed by atoms with E-state index < -0.39 is 0 Å². The van der Waals surface area contributed by atoms with Crippen molar-refractivity contribution in [3.8, 4) is 0 Å². The Balaban J connectivity index is 4.22. The van der Waals surface area contributed by atoms with Crippen molar-refractivity contribution in [1.29, 1.82) is 0 Å². The fraction of sp³-hybridized carbons (Fsp3) is 0.571. The second kappa shape index (κ2) is 7.00. The molecule has 0 saturated heterocycles. The lowest BCUT2D eigenvalue weighted by atomic mass is 10.4. The van der Waals surface area contributed by atoms with E-state index in [1.807, 2.05) is 25.9 Å². The van der Waals surface area contributed by atoms with Crippen LogP contribution in [-0.2, 0) is 0 Å². The molecular weight excluding hydrogens is 168 g/mol. The van der Waals surface area contributed by atoms with E-state index in [-0.39, 0.29) is 0 Å². The van der Waals surface area contributed by atoms with Crippen molar-refractivity contribution in [3.05, 3.63) is 22.3 Å². The van der Waals surface area contributed by atoms with E-state index in [1.54, 1.807) is 12.4 Å². The molecule has 0 radical (unpaired) electrons. The molecular formula is C7H14N6. The first-order chi connectivity index (χ1) is 6.22.